The minimum absolute atomic E-state index is 0.0328. The molecule has 0 bridgehead atoms. The molecule has 0 radical (unpaired) electrons. The van der Waals surface area contributed by atoms with Gasteiger partial charge in [-0.05, 0) is 36.4 Å². The van der Waals surface area contributed by atoms with Gasteiger partial charge in [0.25, 0.3) is 5.91 Å². The van der Waals surface area contributed by atoms with Gasteiger partial charge in [0.2, 0.25) is 0 Å². The Morgan fingerprint density at radius 2 is 2.08 bits per heavy atom. The minimum Gasteiger partial charge on any atom is -0.485 e. The van der Waals surface area contributed by atoms with Crippen LogP contribution < -0.4 is 9.64 Å². The number of carbonyl (C=O) groups excluding carboxylic acids is 1. The third kappa shape index (κ3) is 3.72. The SMILES string of the molecule is CN(C)c1ncccc1O[C@@H]1CCN(C(=O)c2ccc(C#N)cc2)C1. The molecule has 1 aliphatic rings. The molecule has 2 aromatic rings. The van der Waals surface area contributed by atoms with Crippen molar-refractivity contribution in [3.63, 3.8) is 0 Å². The van der Waals surface area contributed by atoms with Crippen LogP contribution in [0.4, 0.5) is 5.82 Å². The number of benzene rings is 1. The van der Waals surface area contributed by atoms with E-state index in [9.17, 15) is 4.79 Å². The summed E-state index contributed by atoms with van der Waals surface area (Å²) in [7, 11) is 3.84. The van der Waals surface area contributed by atoms with Gasteiger partial charge in [-0.2, -0.15) is 5.26 Å². The van der Waals surface area contributed by atoms with Crippen LogP contribution >= 0.6 is 0 Å². The second-order valence-electron chi connectivity index (χ2n) is 6.19. The molecule has 25 heavy (non-hydrogen) atoms. The first kappa shape index (κ1) is 16.8. The summed E-state index contributed by atoms with van der Waals surface area (Å²) in [5.74, 6) is 1.47. The van der Waals surface area contributed by atoms with Crippen LogP contribution in [0.5, 0.6) is 5.75 Å². The molecule has 0 saturated carbocycles. The molecule has 3 rings (SSSR count). The molecule has 1 aliphatic heterocycles. The predicted molar refractivity (Wildman–Crippen MR) is 94.7 cm³/mol. The van der Waals surface area contributed by atoms with E-state index in [0.29, 0.717) is 24.2 Å². The standard InChI is InChI=1S/C19H20N4O2/c1-22(2)18-17(4-3-10-21-18)25-16-9-11-23(13-16)19(24)15-7-5-14(12-20)6-8-15/h3-8,10,16H,9,11,13H2,1-2H3/t16-/m1/s1. The molecule has 2 heterocycles. The van der Waals surface area contributed by atoms with Crippen molar-refractivity contribution in [2.45, 2.75) is 12.5 Å². The van der Waals surface area contributed by atoms with Gasteiger partial charge in [0.1, 0.15) is 6.10 Å². The first-order valence-corrected chi connectivity index (χ1v) is 8.17. The molecule has 0 aliphatic carbocycles. The van der Waals surface area contributed by atoms with Crippen LogP contribution in [0.2, 0.25) is 0 Å². The Kier molecular flexibility index (Phi) is 4.85. The summed E-state index contributed by atoms with van der Waals surface area (Å²) in [6.45, 7) is 1.20. The van der Waals surface area contributed by atoms with E-state index in [-0.39, 0.29) is 12.0 Å². The molecule has 1 saturated heterocycles. The van der Waals surface area contributed by atoms with E-state index in [4.69, 9.17) is 10.00 Å². The Morgan fingerprint density at radius 1 is 1.32 bits per heavy atom. The van der Waals surface area contributed by atoms with E-state index in [2.05, 4.69) is 11.1 Å². The zero-order valence-electron chi connectivity index (χ0n) is 14.3. The Balaban J connectivity index is 1.65. The van der Waals surface area contributed by atoms with Gasteiger partial charge in [0.05, 0.1) is 18.2 Å². The molecule has 1 aromatic carbocycles. The second kappa shape index (κ2) is 7.22. The summed E-state index contributed by atoms with van der Waals surface area (Å²) in [5, 5.41) is 8.84. The highest BCUT2D eigenvalue weighted by Gasteiger charge is 2.29. The molecule has 1 amide bonds. The first-order valence-electron chi connectivity index (χ1n) is 8.17. The number of aromatic nitrogens is 1. The minimum atomic E-state index is -0.0507. The Hall–Kier alpha value is -3.07. The number of carbonyl (C=O) groups is 1. The molecule has 1 fully saturated rings. The quantitative estimate of drug-likeness (QED) is 0.857. The van der Waals surface area contributed by atoms with Crippen molar-refractivity contribution in [2.24, 2.45) is 0 Å². The normalized spacial score (nSPS) is 16.4. The van der Waals surface area contributed by atoms with Gasteiger partial charge >= 0.3 is 0 Å². The fraction of sp³-hybridized carbons (Fsp3) is 0.316. The van der Waals surface area contributed by atoms with Gasteiger partial charge in [0, 0.05) is 38.8 Å². The van der Waals surface area contributed by atoms with E-state index < -0.39 is 0 Å². The highest BCUT2D eigenvalue weighted by atomic mass is 16.5. The number of rotatable bonds is 4. The summed E-state index contributed by atoms with van der Waals surface area (Å²) >= 11 is 0. The van der Waals surface area contributed by atoms with Gasteiger partial charge in [0.15, 0.2) is 11.6 Å². The van der Waals surface area contributed by atoms with Gasteiger partial charge in [-0.25, -0.2) is 4.98 Å². The maximum Gasteiger partial charge on any atom is 0.253 e. The average molecular weight is 336 g/mol. The van der Waals surface area contributed by atoms with Crippen LogP contribution in [-0.4, -0.2) is 49.1 Å². The van der Waals surface area contributed by atoms with Crippen molar-refractivity contribution in [3.8, 4) is 11.8 Å². The fourth-order valence-electron chi connectivity index (χ4n) is 2.87. The zero-order valence-corrected chi connectivity index (χ0v) is 14.3. The molecule has 1 aromatic heterocycles. The van der Waals surface area contributed by atoms with E-state index in [1.807, 2.05) is 31.1 Å². The third-order valence-corrected chi connectivity index (χ3v) is 4.16. The maximum atomic E-state index is 12.6. The smallest absolute Gasteiger partial charge is 0.253 e. The first-order chi connectivity index (χ1) is 12.1. The van der Waals surface area contributed by atoms with Crippen LogP contribution in [0.15, 0.2) is 42.6 Å². The zero-order chi connectivity index (χ0) is 17.8. The topological polar surface area (TPSA) is 69.5 Å². The number of amides is 1. The van der Waals surface area contributed by atoms with Gasteiger partial charge < -0.3 is 14.5 Å². The van der Waals surface area contributed by atoms with Crippen LogP contribution in [0.3, 0.4) is 0 Å². The lowest BCUT2D eigenvalue weighted by molar-refractivity contribution is 0.0772. The number of anilines is 1. The number of nitriles is 1. The van der Waals surface area contributed by atoms with Crippen molar-refractivity contribution in [3.05, 3.63) is 53.7 Å². The Bertz CT molecular complexity index is 796. The largest absolute Gasteiger partial charge is 0.485 e. The fourth-order valence-corrected chi connectivity index (χ4v) is 2.87. The number of ether oxygens (including phenoxy) is 1. The highest BCUT2D eigenvalue weighted by Crippen LogP contribution is 2.27. The molecule has 6 nitrogen and oxygen atoms in total. The van der Waals surface area contributed by atoms with E-state index in [0.717, 1.165) is 18.0 Å². The maximum absolute atomic E-state index is 12.6. The highest BCUT2D eigenvalue weighted by molar-refractivity contribution is 5.94. The summed E-state index contributed by atoms with van der Waals surface area (Å²) in [5.41, 5.74) is 1.14. The number of pyridine rings is 1. The predicted octanol–water partition coefficient (Wildman–Crippen LogP) is 2.31. The van der Waals surface area contributed by atoms with Crippen LogP contribution in [0, 0.1) is 11.3 Å². The van der Waals surface area contributed by atoms with Crippen LogP contribution in [0.1, 0.15) is 22.3 Å². The molecule has 6 heteroatoms. The summed E-state index contributed by atoms with van der Waals surface area (Å²) in [6.07, 6.45) is 2.46. The summed E-state index contributed by atoms with van der Waals surface area (Å²) in [6, 6.07) is 12.5. The lowest BCUT2D eigenvalue weighted by atomic mass is 10.1. The summed E-state index contributed by atoms with van der Waals surface area (Å²) in [4.78, 5) is 20.6. The molecular weight excluding hydrogens is 316 g/mol. The monoisotopic (exact) mass is 336 g/mol. The van der Waals surface area contributed by atoms with Gasteiger partial charge in [-0.15, -0.1) is 0 Å². The number of nitrogens with zero attached hydrogens (tertiary/aromatic N) is 4. The van der Waals surface area contributed by atoms with E-state index in [1.165, 1.54) is 0 Å². The average Bonchev–Trinajstić information content (AvgIpc) is 3.10. The molecule has 0 N–H and O–H groups in total. The van der Waals surface area contributed by atoms with Crippen molar-refractivity contribution in [1.82, 2.24) is 9.88 Å². The number of likely N-dealkylation sites (tertiary alicyclic amines) is 1. The number of hydrogen-bond donors (Lipinski definition) is 0. The third-order valence-electron chi connectivity index (χ3n) is 4.16. The van der Waals surface area contributed by atoms with Crippen molar-refractivity contribution in [1.29, 1.82) is 5.26 Å². The van der Waals surface area contributed by atoms with Gasteiger partial charge in [-0.1, -0.05) is 0 Å². The lowest BCUT2D eigenvalue weighted by Gasteiger charge is -2.20. The molecule has 0 spiro atoms. The summed E-state index contributed by atoms with van der Waals surface area (Å²) < 4.78 is 6.08. The molecule has 128 valence electrons. The van der Waals surface area contributed by atoms with Crippen LogP contribution in [-0.2, 0) is 0 Å². The Labute approximate surface area is 147 Å². The van der Waals surface area contributed by atoms with Crippen molar-refractivity contribution in [2.75, 3.05) is 32.1 Å². The molecule has 1 atom stereocenters. The van der Waals surface area contributed by atoms with Crippen LogP contribution in [0.25, 0.3) is 0 Å². The van der Waals surface area contributed by atoms with E-state index in [1.54, 1.807) is 35.4 Å². The molecule has 0 unspecified atom stereocenters. The van der Waals surface area contributed by atoms with Gasteiger partial charge in [-0.3, -0.25) is 4.79 Å². The lowest BCUT2D eigenvalue weighted by Crippen LogP contribution is -2.31. The van der Waals surface area contributed by atoms with E-state index >= 15 is 0 Å². The Morgan fingerprint density at radius 3 is 2.76 bits per heavy atom. The molecular formula is C19H20N4O2. The van der Waals surface area contributed by atoms with Crippen molar-refractivity contribution < 1.29 is 9.53 Å². The van der Waals surface area contributed by atoms with Crippen molar-refractivity contribution >= 4 is 11.7 Å². The number of hydrogen-bond acceptors (Lipinski definition) is 5. The second-order valence-corrected chi connectivity index (χ2v) is 6.19.